The first-order valence-electron chi connectivity index (χ1n) is 4.85. The Morgan fingerprint density at radius 2 is 2.31 bits per heavy atom. The number of carbonyl (C=O) groups is 1. The van der Waals surface area contributed by atoms with Gasteiger partial charge in [-0.1, -0.05) is 0 Å². The minimum absolute atomic E-state index is 0.0500. The van der Waals surface area contributed by atoms with Gasteiger partial charge in [0.1, 0.15) is 5.82 Å². The van der Waals surface area contributed by atoms with E-state index in [1.54, 1.807) is 6.92 Å². The molecule has 16 heavy (non-hydrogen) atoms. The van der Waals surface area contributed by atoms with Crippen molar-refractivity contribution in [3.63, 3.8) is 0 Å². The lowest BCUT2D eigenvalue weighted by atomic mass is 9.94. The summed E-state index contributed by atoms with van der Waals surface area (Å²) in [6.07, 6.45) is -3.80. The van der Waals surface area contributed by atoms with Gasteiger partial charge in [0.2, 0.25) is 5.91 Å². The molecule has 4 nitrogen and oxygen atoms in total. The molecule has 0 spiro atoms. The van der Waals surface area contributed by atoms with Crippen LogP contribution >= 0.6 is 0 Å². The third-order valence-electron chi connectivity index (χ3n) is 2.59. The van der Waals surface area contributed by atoms with Gasteiger partial charge in [-0.15, -0.1) is 0 Å². The first kappa shape index (κ1) is 11.0. The number of aryl methyl sites for hydroxylation is 1. The van der Waals surface area contributed by atoms with Crippen LogP contribution in [0.2, 0.25) is 0 Å². The third-order valence-corrected chi connectivity index (χ3v) is 2.59. The maximum atomic E-state index is 12.7. The summed E-state index contributed by atoms with van der Waals surface area (Å²) in [7, 11) is 0. The van der Waals surface area contributed by atoms with Gasteiger partial charge >= 0.3 is 6.18 Å². The van der Waals surface area contributed by atoms with Gasteiger partial charge < -0.3 is 5.32 Å². The highest BCUT2D eigenvalue weighted by Crippen LogP contribution is 2.42. The Labute approximate surface area is 89.4 Å². The second kappa shape index (κ2) is 3.50. The molecule has 2 rings (SSSR count). The Balaban J connectivity index is 2.47. The molecule has 1 aromatic heterocycles. The summed E-state index contributed by atoms with van der Waals surface area (Å²) in [6.45, 7) is 2.16. The van der Waals surface area contributed by atoms with Crippen LogP contribution < -0.4 is 5.32 Å². The van der Waals surface area contributed by atoms with E-state index < -0.39 is 24.4 Å². The van der Waals surface area contributed by atoms with Crippen LogP contribution in [-0.4, -0.2) is 21.9 Å². The number of nitrogens with zero attached hydrogens (tertiary/aromatic N) is 2. The van der Waals surface area contributed by atoms with Crippen molar-refractivity contribution in [3.8, 4) is 0 Å². The lowest BCUT2D eigenvalue weighted by Crippen LogP contribution is -2.31. The van der Waals surface area contributed by atoms with Crippen molar-refractivity contribution in [2.45, 2.75) is 32.0 Å². The number of hydrogen-bond acceptors (Lipinski definition) is 2. The van der Waals surface area contributed by atoms with Gasteiger partial charge in [0.05, 0.1) is 12.1 Å². The van der Waals surface area contributed by atoms with Crippen LogP contribution in [0.5, 0.6) is 0 Å². The Morgan fingerprint density at radius 3 is 2.88 bits per heavy atom. The second-order valence-corrected chi connectivity index (χ2v) is 3.61. The summed E-state index contributed by atoms with van der Waals surface area (Å²) in [5.74, 6) is -2.19. The molecule has 0 saturated carbocycles. The number of aromatic nitrogens is 2. The topological polar surface area (TPSA) is 46.9 Å². The SMILES string of the molecule is CCn1ncc2c1NC(=O)CC2C(F)(F)F. The number of alkyl halides is 3. The molecule has 1 N–H and O–H groups in total. The molecule has 1 unspecified atom stereocenters. The van der Waals surface area contributed by atoms with E-state index in [9.17, 15) is 18.0 Å². The highest BCUT2D eigenvalue weighted by Gasteiger charge is 2.46. The monoisotopic (exact) mass is 233 g/mol. The fourth-order valence-corrected chi connectivity index (χ4v) is 1.80. The molecule has 0 aliphatic carbocycles. The maximum absolute atomic E-state index is 12.7. The fraction of sp³-hybridized carbons (Fsp3) is 0.556. The van der Waals surface area contributed by atoms with E-state index in [2.05, 4.69) is 10.4 Å². The number of halogens is 3. The van der Waals surface area contributed by atoms with Crippen LogP contribution in [0, 0.1) is 0 Å². The van der Waals surface area contributed by atoms with Crippen LogP contribution in [0.4, 0.5) is 19.0 Å². The molecule has 88 valence electrons. The fourth-order valence-electron chi connectivity index (χ4n) is 1.80. The van der Waals surface area contributed by atoms with Gasteiger partial charge in [-0.05, 0) is 6.92 Å². The molecule has 0 radical (unpaired) electrons. The lowest BCUT2D eigenvalue weighted by molar-refractivity contribution is -0.156. The molecule has 0 bridgehead atoms. The van der Waals surface area contributed by atoms with E-state index >= 15 is 0 Å². The quantitative estimate of drug-likeness (QED) is 0.805. The number of amides is 1. The van der Waals surface area contributed by atoms with Crippen molar-refractivity contribution in [1.82, 2.24) is 9.78 Å². The summed E-state index contributed by atoms with van der Waals surface area (Å²) in [5.41, 5.74) is 0.0500. The summed E-state index contributed by atoms with van der Waals surface area (Å²) in [5, 5.41) is 6.24. The molecule has 1 amide bonds. The minimum Gasteiger partial charge on any atom is -0.311 e. The first-order valence-corrected chi connectivity index (χ1v) is 4.85. The first-order chi connectivity index (χ1) is 7.43. The molecule has 0 saturated heterocycles. The van der Waals surface area contributed by atoms with E-state index in [-0.39, 0.29) is 11.4 Å². The van der Waals surface area contributed by atoms with Gasteiger partial charge in [-0.3, -0.25) is 4.79 Å². The van der Waals surface area contributed by atoms with Crippen molar-refractivity contribution >= 4 is 11.7 Å². The van der Waals surface area contributed by atoms with Crippen molar-refractivity contribution in [3.05, 3.63) is 11.8 Å². The van der Waals surface area contributed by atoms with E-state index in [0.717, 1.165) is 0 Å². The second-order valence-electron chi connectivity index (χ2n) is 3.61. The largest absolute Gasteiger partial charge is 0.396 e. The minimum atomic E-state index is -4.41. The van der Waals surface area contributed by atoms with Crippen molar-refractivity contribution in [1.29, 1.82) is 0 Å². The third kappa shape index (κ3) is 1.66. The van der Waals surface area contributed by atoms with E-state index in [1.165, 1.54) is 10.9 Å². The van der Waals surface area contributed by atoms with Crippen LogP contribution in [0.1, 0.15) is 24.8 Å². The van der Waals surface area contributed by atoms with Gasteiger partial charge in [-0.2, -0.15) is 18.3 Å². The molecule has 1 atom stereocenters. The van der Waals surface area contributed by atoms with Crippen LogP contribution in [0.25, 0.3) is 0 Å². The molecule has 1 aromatic rings. The normalized spacial score (nSPS) is 20.5. The molecular weight excluding hydrogens is 223 g/mol. The van der Waals surface area contributed by atoms with E-state index in [0.29, 0.717) is 6.54 Å². The summed E-state index contributed by atoms with van der Waals surface area (Å²) in [4.78, 5) is 11.2. The number of carbonyl (C=O) groups excluding carboxylic acids is 1. The van der Waals surface area contributed by atoms with Crippen LogP contribution in [0.3, 0.4) is 0 Å². The van der Waals surface area contributed by atoms with Crippen molar-refractivity contribution in [2.24, 2.45) is 0 Å². The van der Waals surface area contributed by atoms with Crippen LogP contribution in [0.15, 0.2) is 6.20 Å². The zero-order valence-electron chi connectivity index (χ0n) is 8.51. The van der Waals surface area contributed by atoms with Gasteiger partial charge in [-0.25, -0.2) is 4.68 Å². The molecule has 2 heterocycles. The number of nitrogens with one attached hydrogen (secondary N) is 1. The molecule has 0 fully saturated rings. The summed E-state index contributed by atoms with van der Waals surface area (Å²) in [6, 6.07) is 0. The molecular formula is C9H10F3N3O. The van der Waals surface area contributed by atoms with Gasteiger partial charge in [0, 0.05) is 18.5 Å². The lowest BCUT2D eigenvalue weighted by Gasteiger charge is -2.24. The molecule has 1 aliphatic heterocycles. The Kier molecular flexibility index (Phi) is 2.40. The van der Waals surface area contributed by atoms with Crippen LogP contribution in [-0.2, 0) is 11.3 Å². The molecule has 1 aliphatic rings. The van der Waals surface area contributed by atoms with E-state index in [1.807, 2.05) is 0 Å². The van der Waals surface area contributed by atoms with E-state index in [4.69, 9.17) is 0 Å². The maximum Gasteiger partial charge on any atom is 0.396 e. The van der Waals surface area contributed by atoms with Crippen molar-refractivity contribution in [2.75, 3.05) is 5.32 Å². The predicted molar refractivity (Wildman–Crippen MR) is 49.9 cm³/mol. The van der Waals surface area contributed by atoms with Gasteiger partial charge in [0.15, 0.2) is 0 Å². The highest BCUT2D eigenvalue weighted by atomic mass is 19.4. The Hall–Kier alpha value is -1.53. The number of hydrogen-bond donors (Lipinski definition) is 1. The molecule has 0 aromatic carbocycles. The summed E-state index contributed by atoms with van der Waals surface area (Å²) < 4.78 is 39.4. The number of rotatable bonds is 1. The predicted octanol–water partition coefficient (Wildman–Crippen LogP) is 1.89. The molecule has 7 heteroatoms. The summed E-state index contributed by atoms with van der Waals surface area (Å²) >= 11 is 0. The average Bonchev–Trinajstić information content (AvgIpc) is 2.57. The standard InChI is InChI=1S/C9H10F3N3O/c1-2-15-8-5(4-13-15)6(9(10,11)12)3-7(16)14-8/h4,6H,2-3H2,1H3,(H,14,16). The Bertz CT molecular complexity index is 424. The number of anilines is 1. The smallest absolute Gasteiger partial charge is 0.311 e. The van der Waals surface area contributed by atoms with Gasteiger partial charge in [0.25, 0.3) is 0 Å². The highest BCUT2D eigenvalue weighted by molar-refractivity contribution is 5.93. The average molecular weight is 233 g/mol. The number of fused-ring (bicyclic) bond motifs is 1. The zero-order valence-corrected chi connectivity index (χ0v) is 8.51. The Morgan fingerprint density at radius 1 is 1.62 bits per heavy atom. The van der Waals surface area contributed by atoms with Crippen molar-refractivity contribution < 1.29 is 18.0 Å². The zero-order chi connectivity index (χ0) is 11.9.